The molecule has 5 heteroatoms. The number of methoxy groups -OCH3 is 1. The molecule has 0 radical (unpaired) electrons. The number of carbonyl (C=O) groups excluding carboxylic acids is 1. The van der Waals surface area contributed by atoms with Gasteiger partial charge >= 0.3 is 0 Å². The van der Waals surface area contributed by atoms with E-state index in [1.54, 1.807) is 7.11 Å². The van der Waals surface area contributed by atoms with Crippen LogP contribution in [0.2, 0.25) is 0 Å². The van der Waals surface area contributed by atoms with Crippen LogP contribution in [-0.2, 0) is 4.74 Å². The molecule has 1 atom stereocenters. The zero-order chi connectivity index (χ0) is 15.4. The van der Waals surface area contributed by atoms with Crippen molar-refractivity contribution in [1.29, 1.82) is 0 Å². The summed E-state index contributed by atoms with van der Waals surface area (Å²) in [6, 6.07) is 3.22. The van der Waals surface area contributed by atoms with Crippen LogP contribution in [0, 0.1) is 17.6 Å². The maximum Gasteiger partial charge on any atom is 0.179 e. The maximum absolute atomic E-state index is 13.7. The van der Waals surface area contributed by atoms with Crippen molar-refractivity contribution < 1.29 is 18.3 Å². The van der Waals surface area contributed by atoms with Gasteiger partial charge in [-0.25, -0.2) is 8.78 Å². The third-order valence-corrected chi connectivity index (χ3v) is 4.04. The summed E-state index contributed by atoms with van der Waals surface area (Å²) in [7, 11) is 1.61. The second-order valence-electron chi connectivity index (χ2n) is 5.59. The molecule has 116 valence electrons. The van der Waals surface area contributed by atoms with Crippen LogP contribution in [-0.4, -0.2) is 43.5 Å². The molecule has 2 rings (SSSR count). The molecule has 0 spiro atoms. The van der Waals surface area contributed by atoms with Gasteiger partial charge in [0.25, 0.3) is 0 Å². The Labute approximate surface area is 123 Å². The van der Waals surface area contributed by atoms with E-state index in [9.17, 15) is 13.6 Å². The van der Waals surface area contributed by atoms with E-state index in [2.05, 4.69) is 6.92 Å². The quantitative estimate of drug-likeness (QED) is 0.691. The Morgan fingerprint density at radius 2 is 2.14 bits per heavy atom. The lowest BCUT2D eigenvalue weighted by atomic mass is 10.1. The van der Waals surface area contributed by atoms with Gasteiger partial charge in [-0.1, -0.05) is 0 Å². The van der Waals surface area contributed by atoms with Crippen LogP contribution < -0.4 is 0 Å². The summed E-state index contributed by atoms with van der Waals surface area (Å²) in [6.45, 7) is 3.27. The highest BCUT2D eigenvalue weighted by molar-refractivity contribution is 5.97. The molecule has 0 aromatic heterocycles. The van der Waals surface area contributed by atoms with Crippen LogP contribution in [0.4, 0.5) is 8.78 Å². The Kier molecular flexibility index (Phi) is 5.42. The molecule has 1 saturated carbocycles. The molecule has 0 amide bonds. The lowest BCUT2D eigenvalue weighted by molar-refractivity contribution is 0.0812. The average molecular weight is 297 g/mol. The number of halogens is 2. The zero-order valence-corrected chi connectivity index (χ0v) is 12.4. The topological polar surface area (TPSA) is 29.5 Å². The molecule has 1 fully saturated rings. The van der Waals surface area contributed by atoms with Gasteiger partial charge in [0.05, 0.1) is 18.7 Å². The third kappa shape index (κ3) is 4.32. The fourth-order valence-corrected chi connectivity index (χ4v) is 2.49. The SMILES string of the molecule is COCCN(CC(=O)c1cc(F)ccc1F)C(C)C1CC1. The molecule has 1 unspecified atom stereocenters. The van der Waals surface area contributed by atoms with Gasteiger partial charge in [-0.05, 0) is 43.9 Å². The fraction of sp³-hybridized carbons (Fsp3) is 0.562. The molecule has 0 bridgehead atoms. The summed E-state index contributed by atoms with van der Waals surface area (Å²) in [5, 5.41) is 0. The van der Waals surface area contributed by atoms with Gasteiger partial charge < -0.3 is 4.74 Å². The number of carbonyl (C=O) groups is 1. The van der Waals surface area contributed by atoms with Crippen molar-refractivity contribution in [3.63, 3.8) is 0 Å². The van der Waals surface area contributed by atoms with Gasteiger partial charge in [0.2, 0.25) is 0 Å². The van der Waals surface area contributed by atoms with E-state index < -0.39 is 17.4 Å². The number of rotatable bonds is 8. The van der Waals surface area contributed by atoms with E-state index in [0.717, 1.165) is 31.0 Å². The monoisotopic (exact) mass is 297 g/mol. The Balaban J connectivity index is 2.07. The van der Waals surface area contributed by atoms with Crippen molar-refractivity contribution in [2.45, 2.75) is 25.8 Å². The smallest absolute Gasteiger partial charge is 0.179 e. The highest BCUT2D eigenvalue weighted by Gasteiger charge is 2.33. The van der Waals surface area contributed by atoms with Gasteiger partial charge in [0.1, 0.15) is 11.6 Å². The molecule has 0 N–H and O–H groups in total. The van der Waals surface area contributed by atoms with Crippen molar-refractivity contribution in [3.8, 4) is 0 Å². The van der Waals surface area contributed by atoms with Crippen molar-refractivity contribution in [3.05, 3.63) is 35.4 Å². The largest absolute Gasteiger partial charge is 0.383 e. The molecular formula is C16H21F2NO2. The number of Topliss-reactive ketones (excluding diaryl/α,β-unsaturated/α-hetero) is 1. The second kappa shape index (κ2) is 7.09. The molecule has 1 aliphatic rings. The van der Waals surface area contributed by atoms with Gasteiger partial charge in [0.15, 0.2) is 5.78 Å². The zero-order valence-electron chi connectivity index (χ0n) is 12.4. The Morgan fingerprint density at radius 1 is 1.43 bits per heavy atom. The first-order valence-corrected chi connectivity index (χ1v) is 7.24. The maximum atomic E-state index is 13.7. The fourth-order valence-electron chi connectivity index (χ4n) is 2.49. The summed E-state index contributed by atoms with van der Waals surface area (Å²) < 4.78 is 31.9. The summed E-state index contributed by atoms with van der Waals surface area (Å²) in [6.07, 6.45) is 2.32. The van der Waals surface area contributed by atoms with E-state index in [1.807, 2.05) is 4.90 Å². The molecule has 3 nitrogen and oxygen atoms in total. The molecule has 1 aromatic rings. The molecule has 1 aromatic carbocycles. The highest BCUT2D eigenvalue weighted by Crippen LogP contribution is 2.35. The summed E-state index contributed by atoms with van der Waals surface area (Å²) in [5.74, 6) is -1.08. The van der Waals surface area contributed by atoms with E-state index in [-0.39, 0.29) is 18.2 Å². The molecular weight excluding hydrogens is 276 g/mol. The van der Waals surface area contributed by atoms with Crippen LogP contribution in [0.5, 0.6) is 0 Å². The number of benzene rings is 1. The van der Waals surface area contributed by atoms with Crippen molar-refractivity contribution in [1.82, 2.24) is 4.90 Å². The minimum absolute atomic E-state index is 0.0847. The number of hydrogen-bond donors (Lipinski definition) is 0. The Hall–Kier alpha value is -1.33. The molecule has 1 aliphatic carbocycles. The summed E-state index contributed by atoms with van der Waals surface area (Å²) >= 11 is 0. The van der Waals surface area contributed by atoms with Crippen molar-refractivity contribution in [2.75, 3.05) is 26.8 Å². The highest BCUT2D eigenvalue weighted by atomic mass is 19.1. The van der Waals surface area contributed by atoms with Crippen LogP contribution >= 0.6 is 0 Å². The predicted molar refractivity (Wildman–Crippen MR) is 76.3 cm³/mol. The predicted octanol–water partition coefficient (Wildman–Crippen LogP) is 2.89. The van der Waals surface area contributed by atoms with Crippen LogP contribution in [0.15, 0.2) is 18.2 Å². The lowest BCUT2D eigenvalue weighted by Gasteiger charge is -2.28. The summed E-state index contributed by atoms with van der Waals surface area (Å²) in [5.41, 5.74) is -0.180. The lowest BCUT2D eigenvalue weighted by Crippen LogP contribution is -2.41. The minimum Gasteiger partial charge on any atom is -0.383 e. The number of nitrogens with zero attached hydrogens (tertiary/aromatic N) is 1. The van der Waals surface area contributed by atoms with Crippen LogP contribution in [0.1, 0.15) is 30.1 Å². The molecule has 21 heavy (non-hydrogen) atoms. The third-order valence-electron chi connectivity index (χ3n) is 4.04. The van der Waals surface area contributed by atoms with Gasteiger partial charge in [-0.15, -0.1) is 0 Å². The molecule has 0 saturated heterocycles. The van der Waals surface area contributed by atoms with Crippen LogP contribution in [0.3, 0.4) is 0 Å². The number of hydrogen-bond acceptors (Lipinski definition) is 3. The van der Waals surface area contributed by atoms with Crippen LogP contribution in [0.25, 0.3) is 0 Å². The van der Waals surface area contributed by atoms with Crippen molar-refractivity contribution >= 4 is 5.78 Å². The van der Waals surface area contributed by atoms with Gasteiger partial charge in [0, 0.05) is 19.7 Å². The Bertz CT molecular complexity index is 503. The molecule has 0 heterocycles. The number of ketones is 1. The normalized spacial score (nSPS) is 16.2. The first kappa shape index (κ1) is 16.0. The first-order valence-electron chi connectivity index (χ1n) is 7.24. The van der Waals surface area contributed by atoms with E-state index >= 15 is 0 Å². The second-order valence-corrected chi connectivity index (χ2v) is 5.59. The van der Waals surface area contributed by atoms with E-state index in [4.69, 9.17) is 4.74 Å². The number of ether oxygens (including phenoxy) is 1. The first-order chi connectivity index (χ1) is 10.0. The van der Waals surface area contributed by atoms with Crippen molar-refractivity contribution in [2.24, 2.45) is 5.92 Å². The summed E-state index contributed by atoms with van der Waals surface area (Å²) in [4.78, 5) is 14.2. The van der Waals surface area contributed by atoms with Gasteiger partial charge in [-0.2, -0.15) is 0 Å². The standard InChI is InChI=1S/C16H21F2NO2/c1-11(12-3-4-12)19(7-8-21-2)10-16(20)14-9-13(17)5-6-15(14)18/h5-6,9,11-12H,3-4,7-8,10H2,1-2H3. The van der Waals surface area contributed by atoms with Gasteiger partial charge in [-0.3, -0.25) is 9.69 Å². The Morgan fingerprint density at radius 3 is 2.76 bits per heavy atom. The molecule has 0 aliphatic heterocycles. The average Bonchev–Trinajstić information content (AvgIpc) is 3.29. The van der Waals surface area contributed by atoms with E-state index in [0.29, 0.717) is 19.1 Å². The minimum atomic E-state index is -0.674. The van der Waals surface area contributed by atoms with E-state index in [1.165, 1.54) is 0 Å².